The summed E-state index contributed by atoms with van der Waals surface area (Å²) in [5.74, 6) is 6.22. The Morgan fingerprint density at radius 1 is 1.16 bits per heavy atom. The molecule has 0 spiro atoms. The second-order valence-corrected chi connectivity index (χ2v) is 5.01. The molecule has 0 amide bonds. The maximum atomic E-state index is 5.83. The molecule has 0 aliphatic heterocycles. The van der Waals surface area contributed by atoms with Crippen LogP contribution in [0.5, 0.6) is 0 Å². The second-order valence-electron chi connectivity index (χ2n) is 5.01. The molecule has 0 unspecified atom stereocenters. The molecule has 1 fully saturated rings. The molecule has 2 nitrogen and oxygen atoms in total. The van der Waals surface area contributed by atoms with Crippen molar-refractivity contribution in [3.8, 4) is 11.8 Å². The lowest BCUT2D eigenvalue weighted by Gasteiger charge is -2.28. The van der Waals surface area contributed by atoms with Crippen LogP contribution in [-0.2, 0) is 4.74 Å². The summed E-state index contributed by atoms with van der Waals surface area (Å²) >= 11 is 0. The number of ether oxygens (including phenoxy) is 1. The SMILES string of the molecule is CCNC1CCC(OCC#Cc2ccccc2)CC1. The van der Waals surface area contributed by atoms with E-state index in [4.69, 9.17) is 4.74 Å². The van der Waals surface area contributed by atoms with Gasteiger partial charge in [0.25, 0.3) is 0 Å². The van der Waals surface area contributed by atoms with E-state index < -0.39 is 0 Å². The summed E-state index contributed by atoms with van der Waals surface area (Å²) in [7, 11) is 0. The second kappa shape index (κ2) is 7.99. The van der Waals surface area contributed by atoms with Crippen LogP contribution >= 0.6 is 0 Å². The van der Waals surface area contributed by atoms with Gasteiger partial charge in [0.2, 0.25) is 0 Å². The molecule has 1 aliphatic rings. The normalized spacial score (nSPS) is 22.6. The summed E-state index contributed by atoms with van der Waals surface area (Å²) in [6, 6.07) is 10.8. The van der Waals surface area contributed by atoms with Crippen LogP contribution < -0.4 is 5.32 Å². The van der Waals surface area contributed by atoms with Gasteiger partial charge in [-0.15, -0.1) is 0 Å². The first-order chi connectivity index (χ1) is 9.38. The molecule has 1 N–H and O–H groups in total. The van der Waals surface area contributed by atoms with Crippen molar-refractivity contribution >= 4 is 0 Å². The van der Waals surface area contributed by atoms with Crippen molar-refractivity contribution in [3.05, 3.63) is 35.9 Å². The van der Waals surface area contributed by atoms with E-state index in [1.165, 1.54) is 12.8 Å². The molecular weight excluding hydrogens is 234 g/mol. The topological polar surface area (TPSA) is 21.3 Å². The molecule has 2 heteroatoms. The van der Waals surface area contributed by atoms with Crippen molar-refractivity contribution in [3.63, 3.8) is 0 Å². The molecular formula is C17H23NO. The molecule has 1 saturated carbocycles. The minimum atomic E-state index is 0.403. The van der Waals surface area contributed by atoms with Gasteiger partial charge in [-0.1, -0.05) is 37.0 Å². The molecule has 0 saturated heterocycles. The largest absolute Gasteiger partial charge is 0.366 e. The quantitative estimate of drug-likeness (QED) is 0.837. The van der Waals surface area contributed by atoms with Crippen LogP contribution in [-0.4, -0.2) is 25.3 Å². The van der Waals surface area contributed by atoms with Crippen LogP contribution in [0.15, 0.2) is 30.3 Å². The number of rotatable bonds is 4. The van der Waals surface area contributed by atoms with Gasteiger partial charge in [-0.05, 0) is 44.4 Å². The Hall–Kier alpha value is -1.30. The molecule has 1 aromatic carbocycles. The number of nitrogens with one attached hydrogen (secondary N) is 1. The molecule has 1 aliphatic carbocycles. The lowest BCUT2D eigenvalue weighted by atomic mass is 9.93. The molecule has 0 atom stereocenters. The van der Waals surface area contributed by atoms with E-state index in [0.29, 0.717) is 18.8 Å². The zero-order valence-electron chi connectivity index (χ0n) is 11.7. The van der Waals surface area contributed by atoms with E-state index in [0.717, 1.165) is 24.9 Å². The van der Waals surface area contributed by atoms with Crippen LogP contribution in [0, 0.1) is 11.8 Å². The van der Waals surface area contributed by atoms with E-state index in [9.17, 15) is 0 Å². The third kappa shape index (κ3) is 5.06. The Balaban J connectivity index is 1.66. The molecule has 0 heterocycles. The van der Waals surface area contributed by atoms with Crippen LogP contribution in [0.25, 0.3) is 0 Å². The molecule has 1 aromatic rings. The molecule has 0 radical (unpaired) electrons. The Bertz CT molecular complexity index is 410. The lowest BCUT2D eigenvalue weighted by Crippen LogP contribution is -2.35. The standard InChI is InChI=1S/C17H23NO/c1-2-18-16-10-12-17(13-11-16)19-14-6-9-15-7-4-3-5-8-15/h3-5,7-8,16-18H,2,10-14H2,1H3. The van der Waals surface area contributed by atoms with Crippen LogP contribution in [0.1, 0.15) is 38.2 Å². The smallest absolute Gasteiger partial charge is 0.108 e. The average Bonchev–Trinajstić information content (AvgIpc) is 2.47. The van der Waals surface area contributed by atoms with Gasteiger partial charge in [0.1, 0.15) is 6.61 Å². The van der Waals surface area contributed by atoms with Gasteiger partial charge in [0.05, 0.1) is 6.10 Å². The van der Waals surface area contributed by atoms with E-state index >= 15 is 0 Å². The summed E-state index contributed by atoms with van der Waals surface area (Å²) in [5, 5.41) is 3.51. The first kappa shape index (κ1) is 14.1. The zero-order valence-corrected chi connectivity index (χ0v) is 11.7. The Morgan fingerprint density at radius 3 is 2.58 bits per heavy atom. The van der Waals surface area contributed by atoms with Crippen molar-refractivity contribution in [1.82, 2.24) is 5.32 Å². The highest BCUT2D eigenvalue weighted by molar-refractivity contribution is 5.33. The number of hydrogen-bond acceptors (Lipinski definition) is 2. The summed E-state index contributed by atoms with van der Waals surface area (Å²) in [6.07, 6.45) is 5.17. The predicted octanol–water partition coefficient (Wildman–Crippen LogP) is 2.98. The van der Waals surface area contributed by atoms with E-state index in [1.54, 1.807) is 0 Å². The van der Waals surface area contributed by atoms with Crippen LogP contribution in [0.4, 0.5) is 0 Å². The average molecular weight is 257 g/mol. The minimum absolute atomic E-state index is 0.403. The van der Waals surface area contributed by atoms with Crippen molar-refractivity contribution in [2.45, 2.75) is 44.8 Å². The van der Waals surface area contributed by atoms with Gasteiger partial charge in [0, 0.05) is 11.6 Å². The molecule has 0 bridgehead atoms. The van der Waals surface area contributed by atoms with E-state index in [2.05, 4.69) is 24.1 Å². The molecule has 0 aromatic heterocycles. The lowest BCUT2D eigenvalue weighted by molar-refractivity contribution is 0.0428. The first-order valence-electron chi connectivity index (χ1n) is 7.27. The van der Waals surface area contributed by atoms with Crippen molar-refractivity contribution < 1.29 is 4.74 Å². The Morgan fingerprint density at radius 2 is 1.89 bits per heavy atom. The Kier molecular flexibility index (Phi) is 5.94. The van der Waals surface area contributed by atoms with Crippen LogP contribution in [0.3, 0.4) is 0 Å². The van der Waals surface area contributed by atoms with Gasteiger partial charge in [-0.3, -0.25) is 0 Å². The van der Waals surface area contributed by atoms with Crippen molar-refractivity contribution in [2.24, 2.45) is 0 Å². The first-order valence-corrected chi connectivity index (χ1v) is 7.27. The maximum Gasteiger partial charge on any atom is 0.108 e. The maximum absolute atomic E-state index is 5.83. The zero-order chi connectivity index (χ0) is 13.3. The summed E-state index contributed by atoms with van der Waals surface area (Å²) in [4.78, 5) is 0. The number of hydrogen-bond donors (Lipinski definition) is 1. The third-order valence-electron chi connectivity index (χ3n) is 3.56. The highest BCUT2D eigenvalue weighted by Crippen LogP contribution is 2.20. The highest BCUT2D eigenvalue weighted by atomic mass is 16.5. The number of benzene rings is 1. The van der Waals surface area contributed by atoms with Gasteiger partial charge in [0.15, 0.2) is 0 Å². The van der Waals surface area contributed by atoms with Gasteiger partial charge in [-0.25, -0.2) is 0 Å². The molecule has 19 heavy (non-hydrogen) atoms. The van der Waals surface area contributed by atoms with E-state index in [-0.39, 0.29) is 0 Å². The van der Waals surface area contributed by atoms with Crippen LogP contribution in [0.2, 0.25) is 0 Å². The fourth-order valence-corrected chi connectivity index (χ4v) is 2.54. The monoisotopic (exact) mass is 257 g/mol. The predicted molar refractivity (Wildman–Crippen MR) is 79.0 cm³/mol. The van der Waals surface area contributed by atoms with Gasteiger partial charge < -0.3 is 10.1 Å². The molecule has 2 rings (SSSR count). The van der Waals surface area contributed by atoms with Crippen molar-refractivity contribution in [1.29, 1.82) is 0 Å². The third-order valence-corrected chi connectivity index (χ3v) is 3.56. The fraction of sp³-hybridized carbons (Fsp3) is 0.529. The van der Waals surface area contributed by atoms with Gasteiger partial charge in [-0.2, -0.15) is 0 Å². The molecule has 102 valence electrons. The summed E-state index contributed by atoms with van der Waals surface area (Å²) in [6.45, 7) is 3.78. The van der Waals surface area contributed by atoms with E-state index in [1.807, 2.05) is 30.3 Å². The fourth-order valence-electron chi connectivity index (χ4n) is 2.54. The Labute approximate surface area is 116 Å². The summed E-state index contributed by atoms with van der Waals surface area (Å²) < 4.78 is 5.83. The van der Waals surface area contributed by atoms with Crippen molar-refractivity contribution in [2.75, 3.05) is 13.2 Å². The minimum Gasteiger partial charge on any atom is -0.366 e. The highest BCUT2D eigenvalue weighted by Gasteiger charge is 2.20. The summed E-state index contributed by atoms with van der Waals surface area (Å²) in [5.41, 5.74) is 1.06. The van der Waals surface area contributed by atoms with Gasteiger partial charge >= 0.3 is 0 Å².